The van der Waals surface area contributed by atoms with Crippen LogP contribution in [0, 0.1) is 0 Å². The first-order valence-electron chi connectivity index (χ1n) is 9.09. The first-order chi connectivity index (χ1) is 13.6. The van der Waals surface area contributed by atoms with Crippen molar-refractivity contribution in [1.82, 2.24) is 10.2 Å². The summed E-state index contributed by atoms with van der Waals surface area (Å²) in [5.74, 6) is -0.0709. The van der Waals surface area contributed by atoms with Crippen molar-refractivity contribution in [2.45, 2.75) is 18.5 Å². The van der Waals surface area contributed by atoms with Crippen molar-refractivity contribution in [1.29, 1.82) is 0 Å². The average molecular weight is 396 g/mol. The van der Waals surface area contributed by atoms with Crippen LogP contribution in [0.3, 0.4) is 0 Å². The number of ether oxygens (including phenoxy) is 1. The summed E-state index contributed by atoms with van der Waals surface area (Å²) >= 11 is 1.42. The van der Waals surface area contributed by atoms with Crippen LogP contribution in [-0.4, -0.2) is 47.3 Å². The summed E-state index contributed by atoms with van der Waals surface area (Å²) in [7, 11) is 0. The molecule has 1 N–H and O–H groups in total. The number of fused-ring (bicyclic) bond motifs is 2. The van der Waals surface area contributed by atoms with Crippen LogP contribution in [0.4, 0.5) is 0 Å². The minimum atomic E-state index is -0.864. The Morgan fingerprint density at radius 1 is 1.14 bits per heavy atom. The molecule has 2 heterocycles. The highest BCUT2D eigenvalue weighted by molar-refractivity contribution is 7.98. The van der Waals surface area contributed by atoms with E-state index < -0.39 is 17.9 Å². The molecule has 7 heteroatoms. The number of nitrogens with one attached hydrogen (secondary N) is 1. The van der Waals surface area contributed by atoms with Crippen LogP contribution in [0.25, 0.3) is 0 Å². The third-order valence-electron chi connectivity index (χ3n) is 5.04. The van der Waals surface area contributed by atoms with Gasteiger partial charge in [-0.2, -0.15) is 11.8 Å². The number of thioether (sulfide) groups is 1. The number of imide groups is 1. The first-order valence-corrected chi connectivity index (χ1v) is 10.5. The Morgan fingerprint density at radius 2 is 1.79 bits per heavy atom. The molecule has 0 aromatic heterocycles. The normalized spacial score (nSPS) is 18.9. The number of carbonyl (C=O) groups excluding carboxylic acids is 3. The highest BCUT2D eigenvalue weighted by atomic mass is 32.2. The molecule has 2 atom stereocenters. The zero-order valence-electron chi connectivity index (χ0n) is 15.4. The number of amides is 3. The van der Waals surface area contributed by atoms with E-state index in [1.165, 1.54) is 11.8 Å². The molecular weight excluding hydrogens is 376 g/mol. The van der Waals surface area contributed by atoms with Crippen molar-refractivity contribution >= 4 is 29.5 Å². The molecule has 2 aromatic rings. The Labute approximate surface area is 167 Å². The molecule has 0 bridgehead atoms. The molecule has 0 spiro atoms. The van der Waals surface area contributed by atoms with E-state index in [0.717, 1.165) is 16.2 Å². The van der Waals surface area contributed by atoms with Crippen LogP contribution in [0.2, 0.25) is 0 Å². The zero-order chi connectivity index (χ0) is 19.7. The highest BCUT2D eigenvalue weighted by Crippen LogP contribution is 2.32. The lowest BCUT2D eigenvalue weighted by Gasteiger charge is -2.30. The molecule has 144 valence electrons. The Bertz CT molecular complexity index is 911. The second kappa shape index (κ2) is 7.67. The van der Waals surface area contributed by atoms with E-state index in [4.69, 9.17) is 4.74 Å². The van der Waals surface area contributed by atoms with Gasteiger partial charge in [0.15, 0.2) is 0 Å². The third kappa shape index (κ3) is 3.16. The van der Waals surface area contributed by atoms with Gasteiger partial charge < -0.3 is 10.1 Å². The van der Waals surface area contributed by atoms with E-state index >= 15 is 0 Å². The largest absolute Gasteiger partial charge is 0.493 e. The van der Waals surface area contributed by atoms with Gasteiger partial charge in [-0.25, -0.2) is 0 Å². The maximum atomic E-state index is 13.1. The first kappa shape index (κ1) is 18.6. The van der Waals surface area contributed by atoms with Crippen LogP contribution in [0.5, 0.6) is 5.75 Å². The maximum absolute atomic E-state index is 13.1. The van der Waals surface area contributed by atoms with Crippen molar-refractivity contribution in [3.8, 4) is 5.75 Å². The van der Waals surface area contributed by atoms with Gasteiger partial charge in [-0.1, -0.05) is 30.3 Å². The second-order valence-electron chi connectivity index (χ2n) is 6.73. The summed E-state index contributed by atoms with van der Waals surface area (Å²) < 4.78 is 5.65. The molecule has 6 nitrogen and oxygen atoms in total. The van der Waals surface area contributed by atoms with Gasteiger partial charge in [0.05, 0.1) is 23.8 Å². The topological polar surface area (TPSA) is 75.7 Å². The Morgan fingerprint density at radius 3 is 2.46 bits per heavy atom. The predicted molar refractivity (Wildman–Crippen MR) is 107 cm³/mol. The Kier molecular flexibility index (Phi) is 5.09. The van der Waals surface area contributed by atoms with Crippen LogP contribution >= 0.6 is 11.8 Å². The van der Waals surface area contributed by atoms with E-state index in [9.17, 15) is 14.4 Å². The third-order valence-corrected chi connectivity index (χ3v) is 5.69. The highest BCUT2D eigenvalue weighted by Gasteiger charge is 2.43. The molecule has 0 fully saturated rings. The summed E-state index contributed by atoms with van der Waals surface area (Å²) in [6.45, 7) is 0.502. The fourth-order valence-electron chi connectivity index (χ4n) is 3.68. The fourth-order valence-corrected chi connectivity index (χ4v) is 4.29. The number of hydrogen-bond acceptors (Lipinski definition) is 5. The molecular formula is C21H20N2O4S. The van der Waals surface area contributed by atoms with Crippen LogP contribution in [0.1, 0.15) is 38.7 Å². The molecule has 0 saturated heterocycles. The summed E-state index contributed by atoms with van der Waals surface area (Å²) in [4.78, 5) is 39.9. The molecule has 2 aliphatic rings. The van der Waals surface area contributed by atoms with Crippen LogP contribution < -0.4 is 10.1 Å². The van der Waals surface area contributed by atoms with Crippen molar-refractivity contribution in [3.05, 3.63) is 65.2 Å². The van der Waals surface area contributed by atoms with Gasteiger partial charge in [-0.3, -0.25) is 19.3 Å². The van der Waals surface area contributed by atoms with Crippen molar-refractivity contribution < 1.29 is 19.1 Å². The van der Waals surface area contributed by atoms with Gasteiger partial charge in [0, 0.05) is 17.7 Å². The lowest BCUT2D eigenvalue weighted by molar-refractivity contribution is -0.125. The van der Waals surface area contributed by atoms with E-state index in [1.54, 1.807) is 24.3 Å². The molecule has 0 saturated carbocycles. The quantitative estimate of drug-likeness (QED) is 0.787. The van der Waals surface area contributed by atoms with E-state index in [1.807, 2.05) is 30.5 Å². The smallest absolute Gasteiger partial charge is 0.262 e. The van der Waals surface area contributed by atoms with E-state index in [0.29, 0.717) is 29.9 Å². The second-order valence-corrected chi connectivity index (χ2v) is 7.64. The minimum Gasteiger partial charge on any atom is -0.493 e. The standard InChI is InChI=1S/C21H20N2O4S/c1-28-12-17(23-20(25)13-6-2-3-7-14(13)21(23)26)19(24)22-16-10-11-27-18-9-5-4-8-15(16)18/h2-9,16-17H,10-12H2,1H3,(H,22,24)/t16-,17+/m0/s1. The SMILES string of the molecule is CSC[C@H](C(=O)N[C@H]1CCOc2ccccc21)N1C(=O)c2ccccc2C1=O. The number of para-hydroxylation sites is 1. The minimum absolute atomic E-state index is 0.211. The molecule has 0 unspecified atom stereocenters. The Hall–Kier alpha value is -2.80. The maximum Gasteiger partial charge on any atom is 0.262 e. The van der Waals surface area contributed by atoms with Crippen molar-refractivity contribution in [3.63, 3.8) is 0 Å². The summed E-state index contributed by atoms with van der Waals surface area (Å²) in [6.07, 6.45) is 2.49. The zero-order valence-corrected chi connectivity index (χ0v) is 16.2. The van der Waals surface area contributed by atoms with Crippen molar-refractivity contribution in [2.24, 2.45) is 0 Å². The number of hydrogen-bond donors (Lipinski definition) is 1. The van der Waals surface area contributed by atoms with Crippen LogP contribution in [-0.2, 0) is 4.79 Å². The molecule has 3 amide bonds. The molecule has 0 aliphatic carbocycles. The van der Waals surface area contributed by atoms with Gasteiger partial charge in [0.1, 0.15) is 11.8 Å². The molecule has 0 radical (unpaired) electrons. The number of benzene rings is 2. The van der Waals surface area contributed by atoms with Gasteiger partial charge in [0.2, 0.25) is 5.91 Å². The van der Waals surface area contributed by atoms with Gasteiger partial charge >= 0.3 is 0 Å². The number of nitrogens with zero attached hydrogens (tertiary/aromatic N) is 1. The summed E-state index contributed by atoms with van der Waals surface area (Å²) in [5, 5.41) is 3.03. The Balaban J connectivity index is 1.59. The molecule has 4 rings (SSSR count). The number of rotatable bonds is 5. The van der Waals surface area contributed by atoms with E-state index in [2.05, 4.69) is 5.32 Å². The van der Waals surface area contributed by atoms with Crippen LogP contribution in [0.15, 0.2) is 48.5 Å². The number of carbonyl (C=O) groups is 3. The van der Waals surface area contributed by atoms with Gasteiger partial charge in [0.25, 0.3) is 11.8 Å². The summed E-state index contributed by atoms with van der Waals surface area (Å²) in [6, 6.07) is 13.2. The van der Waals surface area contributed by atoms with Crippen molar-refractivity contribution in [2.75, 3.05) is 18.6 Å². The monoisotopic (exact) mass is 396 g/mol. The molecule has 2 aliphatic heterocycles. The average Bonchev–Trinajstić information content (AvgIpc) is 2.97. The van der Waals surface area contributed by atoms with Gasteiger partial charge in [-0.15, -0.1) is 0 Å². The molecule has 28 heavy (non-hydrogen) atoms. The predicted octanol–water partition coefficient (Wildman–Crippen LogP) is 2.65. The summed E-state index contributed by atoms with van der Waals surface area (Å²) in [5.41, 5.74) is 1.61. The molecule has 2 aromatic carbocycles. The van der Waals surface area contributed by atoms with Gasteiger partial charge in [-0.05, 0) is 24.5 Å². The lowest BCUT2D eigenvalue weighted by Crippen LogP contribution is -2.52. The lowest BCUT2D eigenvalue weighted by atomic mass is 10.00. The fraction of sp³-hybridized carbons (Fsp3) is 0.286. The van der Waals surface area contributed by atoms with E-state index in [-0.39, 0.29) is 11.9 Å².